The first-order chi connectivity index (χ1) is 16.2. The minimum Gasteiger partial charge on any atom is -0.354 e. The second-order valence-electron chi connectivity index (χ2n) is 8.33. The number of anilines is 2. The lowest BCUT2D eigenvalue weighted by atomic mass is 10.1. The molecule has 6 nitrogen and oxygen atoms in total. The van der Waals surface area contributed by atoms with Crippen LogP contribution in [0.2, 0.25) is 0 Å². The molecule has 1 amide bonds. The number of aromatic nitrogens is 2. The Bertz CT molecular complexity index is 1180. The molecular weight excluding hydrogens is 430 g/mol. The summed E-state index contributed by atoms with van der Waals surface area (Å²) in [5.41, 5.74) is 3.06. The van der Waals surface area contributed by atoms with Crippen molar-refractivity contribution in [2.75, 3.05) is 36.4 Å². The molecule has 168 valence electrons. The second-order valence-corrected chi connectivity index (χ2v) is 9.44. The van der Waals surface area contributed by atoms with Crippen LogP contribution in [0.4, 0.5) is 11.5 Å². The van der Waals surface area contributed by atoms with E-state index in [1.807, 2.05) is 61.7 Å². The van der Waals surface area contributed by atoms with Gasteiger partial charge in [-0.2, -0.15) is 0 Å². The van der Waals surface area contributed by atoms with Crippen LogP contribution >= 0.6 is 11.3 Å². The average molecular weight is 458 g/mol. The van der Waals surface area contributed by atoms with Gasteiger partial charge in [-0.3, -0.25) is 9.69 Å². The number of nitrogens with one attached hydrogen (secondary N) is 1. The molecule has 1 fully saturated rings. The summed E-state index contributed by atoms with van der Waals surface area (Å²) in [5, 5.41) is 4.18. The van der Waals surface area contributed by atoms with Crippen LogP contribution in [-0.2, 0) is 11.2 Å². The van der Waals surface area contributed by atoms with E-state index in [0.29, 0.717) is 0 Å². The molecule has 2 aromatic heterocycles. The van der Waals surface area contributed by atoms with E-state index in [0.717, 1.165) is 54.6 Å². The van der Waals surface area contributed by atoms with Gasteiger partial charge in [0.2, 0.25) is 5.91 Å². The fraction of sp³-hybridized carbons (Fsp3) is 0.269. The molecule has 2 aromatic carbocycles. The number of para-hydroxylation sites is 1. The molecule has 0 spiro atoms. The first kappa shape index (κ1) is 21.6. The summed E-state index contributed by atoms with van der Waals surface area (Å²) in [5.74, 6) is 1.03. The number of thiazole rings is 1. The highest BCUT2D eigenvalue weighted by atomic mass is 32.1. The Labute approximate surface area is 197 Å². The first-order valence-corrected chi connectivity index (χ1v) is 12.1. The predicted octanol–water partition coefficient (Wildman–Crippen LogP) is 4.43. The Morgan fingerprint density at radius 3 is 2.48 bits per heavy atom. The summed E-state index contributed by atoms with van der Waals surface area (Å²) in [4.78, 5) is 26.5. The lowest BCUT2D eigenvalue weighted by Crippen LogP contribution is -2.53. The van der Waals surface area contributed by atoms with Gasteiger partial charge < -0.3 is 10.2 Å². The van der Waals surface area contributed by atoms with Crippen LogP contribution in [0, 0.1) is 0 Å². The number of carbonyl (C=O) groups is 1. The number of hydrogen-bond donors (Lipinski definition) is 1. The fourth-order valence-corrected chi connectivity index (χ4v) is 5.17. The van der Waals surface area contributed by atoms with Gasteiger partial charge >= 0.3 is 0 Å². The lowest BCUT2D eigenvalue weighted by Gasteiger charge is -2.37. The minimum absolute atomic E-state index is 0.0280. The van der Waals surface area contributed by atoms with Crippen molar-refractivity contribution in [2.45, 2.75) is 19.4 Å². The molecule has 7 heteroatoms. The van der Waals surface area contributed by atoms with Crippen LogP contribution in [0.1, 0.15) is 17.5 Å². The highest BCUT2D eigenvalue weighted by Crippen LogP contribution is 2.24. The molecule has 1 aliphatic rings. The third-order valence-corrected chi connectivity index (χ3v) is 7.17. The number of amides is 1. The van der Waals surface area contributed by atoms with E-state index in [1.54, 1.807) is 11.3 Å². The molecule has 0 aliphatic carbocycles. The highest BCUT2D eigenvalue weighted by Gasteiger charge is 2.26. The molecule has 1 atom stereocenters. The van der Waals surface area contributed by atoms with E-state index in [-0.39, 0.29) is 11.9 Å². The molecule has 0 saturated carbocycles. The molecule has 1 N–H and O–H groups in total. The van der Waals surface area contributed by atoms with E-state index in [1.165, 1.54) is 10.3 Å². The molecule has 5 rings (SSSR count). The van der Waals surface area contributed by atoms with E-state index in [4.69, 9.17) is 4.98 Å². The quantitative estimate of drug-likeness (QED) is 0.464. The number of pyridine rings is 1. The molecule has 3 heterocycles. The van der Waals surface area contributed by atoms with Crippen molar-refractivity contribution < 1.29 is 4.79 Å². The summed E-state index contributed by atoms with van der Waals surface area (Å²) in [6.07, 6.45) is 2.62. The summed E-state index contributed by atoms with van der Waals surface area (Å²) < 4.78 is 1.21. The van der Waals surface area contributed by atoms with Gasteiger partial charge in [0.25, 0.3) is 0 Å². The Hall–Kier alpha value is -3.29. The monoisotopic (exact) mass is 457 g/mol. The third-order valence-electron chi connectivity index (χ3n) is 6.13. The van der Waals surface area contributed by atoms with E-state index in [9.17, 15) is 4.79 Å². The molecule has 0 unspecified atom stereocenters. The van der Waals surface area contributed by atoms with Gasteiger partial charge in [-0.05, 0) is 48.9 Å². The topological polar surface area (TPSA) is 61.4 Å². The Morgan fingerprint density at radius 1 is 1.00 bits per heavy atom. The fourth-order valence-electron chi connectivity index (χ4n) is 4.17. The Kier molecular flexibility index (Phi) is 6.32. The van der Waals surface area contributed by atoms with Crippen molar-refractivity contribution in [3.05, 3.63) is 83.5 Å². The van der Waals surface area contributed by atoms with Crippen molar-refractivity contribution in [3.8, 4) is 0 Å². The van der Waals surface area contributed by atoms with Gasteiger partial charge in [0.15, 0.2) is 0 Å². The van der Waals surface area contributed by atoms with Crippen molar-refractivity contribution in [1.82, 2.24) is 14.9 Å². The van der Waals surface area contributed by atoms with Crippen LogP contribution in [0.15, 0.2) is 72.9 Å². The normalized spacial score (nSPS) is 15.5. The number of nitrogens with zero attached hydrogens (tertiary/aromatic N) is 4. The zero-order valence-corrected chi connectivity index (χ0v) is 19.5. The van der Waals surface area contributed by atoms with E-state index < -0.39 is 0 Å². The number of hydrogen-bond acceptors (Lipinski definition) is 6. The van der Waals surface area contributed by atoms with E-state index >= 15 is 0 Å². The molecule has 0 bridgehead atoms. The summed E-state index contributed by atoms with van der Waals surface area (Å²) in [6.45, 7) is 5.40. The SMILES string of the molecule is C[C@@H](C(=O)Nc1ccc(Cc2nc3ccccc3s2)cc1)N1CCN(c2ccccn2)CC1. The maximum Gasteiger partial charge on any atom is 0.241 e. The zero-order chi connectivity index (χ0) is 22.6. The lowest BCUT2D eigenvalue weighted by molar-refractivity contribution is -0.120. The molecule has 33 heavy (non-hydrogen) atoms. The number of benzene rings is 2. The smallest absolute Gasteiger partial charge is 0.241 e. The molecule has 1 saturated heterocycles. The average Bonchev–Trinajstić information content (AvgIpc) is 3.28. The number of piperazine rings is 1. The van der Waals surface area contributed by atoms with Crippen molar-refractivity contribution >= 4 is 39.0 Å². The molecule has 1 aliphatic heterocycles. The Balaban J connectivity index is 1.14. The number of fused-ring (bicyclic) bond motifs is 1. The molecule has 4 aromatic rings. The van der Waals surface area contributed by atoms with Crippen molar-refractivity contribution in [2.24, 2.45) is 0 Å². The van der Waals surface area contributed by atoms with Gasteiger partial charge in [-0.1, -0.05) is 30.3 Å². The zero-order valence-electron chi connectivity index (χ0n) is 18.6. The molecule has 0 radical (unpaired) electrons. The van der Waals surface area contributed by atoms with Crippen molar-refractivity contribution in [1.29, 1.82) is 0 Å². The van der Waals surface area contributed by atoms with Gasteiger partial charge in [-0.25, -0.2) is 9.97 Å². The predicted molar refractivity (Wildman–Crippen MR) is 135 cm³/mol. The summed E-state index contributed by atoms with van der Waals surface area (Å²) in [7, 11) is 0. The van der Waals surface area contributed by atoms with Crippen LogP contribution in [0.25, 0.3) is 10.2 Å². The molecular formula is C26H27N5OS. The second kappa shape index (κ2) is 9.68. The Morgan fingerprint density at radius 2 is 1.76 bits per heavy atom. The van der Waals surface area contributed by atoms with Crippen LogP contribution in [0.3, 0.4) is 0 Å². The maximum absolute atomic E-state index is 12.9. The van der Waals surface area contributed by atoms with Crippen LogP contribution < -0.4 is 10.2 Å². The number of rotatable bonds is 6. The minimum atomic E-state index is -0.182. The van der Waals surface area contributed by atoms with Gasteiger partial charge in [0, 0.05) is 44.5 Å². The first-order valence-electron chi connectivity index (χ1n) is 11.3. The van der Waals surface area contributed by atoms with E-state index in [2.05, 4.69) is 38.3 Å². The summed E-state index contributed by atoms with van der Waals surface area (Å²) >= 11 is 1.73. The largest absolute Gasteiger partial charge is 0.354 e. The van der Waals surface area contributed by atoms with Crippen molar-refractivity contribution in [3.63, 3.8) is 0 Å². The van der Waals surface area contributed by atoms with Gasteiger partial charge in [-0.15, -0.1) is 11.3 Å². The third kappa shape index (κ3) is 5.05. The standard InChI is InChI=1S/C26H27N5OS/c1-19(30-14-16-31(17-15-30)24-8-4-5-13-27-24)26(32)28-21-11-9-20(10-12-21)18-25-29-22-6-2-3-7-23(22)33-25/h2-13,19H,14-18H2,1H3,(H,28,32)/t19-/m0/s1. The van der Waals surface area contributed by atoms with Crippen LogP contribution in [-0.4, -0.2) is 53.0 Å². The number of carbonyl (C=O) groups excluding carboxylic acids is 1. The highest BCUT2D eigenvalue weighted by molar-refractivity contribution is 7.18. The van der Waals surface area contributed by atoms with Crippen LogP contribution in [0.5, 0.6) is 0 Å². The van der Waals surface area contributed by atoms with Gasteiger partial charge in [0.1, 0.15) is 5.82 Å². The summed E-state index contributed by atoms with van der Waals surface area (Å²) in [6, 6.07) is 22.1. The maximum atomic E-state index is 12.9. The van der Waals surface area contributed by atoms with Gasteiger partial charge in [0.05, 0.1) is 21.3 Å².